The van der Waals surface area contributed by atoms with Crippen LogP contribution in [0, 0.1) is 0 Å². The predicted molar refractivity (Wildman–Crippen MR) is 93.2 cm³/mol. The van der Waals surface area contributed by atoms with Crippen LogP contribution >= 0.6 is 39.1 Å². The van der Waals surface area contributed by atoms with Gasteiger partial charge in [-0.25, -0.2) is 0 Å². The summed E-state index contributed by atoms with van der Waals surface area (Å²) in [5.41, 5.74) is 1.99. The van der Waals surface area contributed by atoms with Gasteiger partial charge in [0, 0.05) is 28.8 Å². The van der Waals surface area contributed by atoms with Gasteiger partial charge < -0.3 is 5.32 Å². The number of nitrogens with zero attached hydrogens (tertiary/aromatic N) is 1. The molecule has 2 nitrogen and oxygen atoms in total. The molecule has 3 aromatic rings. The zero-order valence-electron chi connectivity index (χ0n) is 10.9. The summed E-state index contributed by atoms with van der Waals surface area (Å²) in [6, 6.07) is 12.1. The number of aromatic nitrogens is 1. The lowest BCUT2D eigenvalue weighted by atomic mass is 10.1. The Morgan fingerprint density at radius 3 is 2.71 bits per heavy atom. The third kappa shape index (κ3) is 3.15. The Balaban J connectivity index is 1.82. The minimum absolute atomic E-state index is 0.520. The topological polar surface area (TPSA) is 24.9 Å². The number of halogens is 3. The summed E-state index contributed by atoms with van der Waals surface area (Å²) in [4.78, 5) is 4.11. The lowest BCUT2D eigenvalue weighted by Gasteiger charge is -2.11. The van der Waals surface area contributed by atoms with E-state index in [0.29, 0.717) is 16.6 Å². The maximum atomic E-state index is 6.23. The largest absolute Gasteiger partial charge is 0.380 e. The van der Waals surface area contributed by atoms with Crippen LogP contribution in [0.1, 0.15) is 5.56 Å². The van der Waals surface area contributed by atoms with Gasteiger partial charge in [0.2, 0.25) is 0 Å². The Morgan fingerprint density at radius 1 is 1.00 bits per heavy atom. The summed E-state index contributed by atoms with van der Waals surface area (Å²) < 4.78 is 0.790. The van der Waals surface area contributed by atoms with Gasteiger partial charge in [0.05, 0.1) is 15.7 Å². The molecule has 5 heteroatoms. The van der Waals surface area contributed by atoms with E-state index >= 15 is 0 Å². The van der Waals surface area contributed by atoms with Crippen LogP contribution in [-0.2, 0) is 6.54 Å². The van der Waals surface area contributed by atoms with E-state index in [1.807, 2.05) is 24.4 Å². The van der Waals surface area contributed by atoms with Crippen LogP contribution in [0.2, 0.25) is 10.0 Å². The van der Waals surface area contributed by atoms with Crippen molar-refractivity contribution >= 4 is 55.6 Å². The molecule has 0 aliphatic rings. The van der Waals surface area contributed by atoms with E-state index in [0.717, 1.165) is 15.5 Å². The van der Waals surface area contributed by atoms with Crippen LogP contribution in [0.5, 0.6) is 0 Å². The quantitative estimate of drug-likeness (QED) is 0.570. The molecule has 0 spiro atoms. The van der Waals surface area contributed by atoms with Gasteiger partial charge in [-0.05, 0) is 51.1 Å². The number of fused-ring (bicyclic) bond motifs is 1. The number of hydrogen-bond acceptors (Lipinski definition) is 2. The lowest BCUT2D eigenvalue weighted by Crippen LogP contribution is -2.00. The maximum absolute atomic E-state index is 6.23. The number of nitrogens with one attached hydrogen (secondary N) is 1. The molecule has 1 heterocycles. The Kier molecular flexibility index (Phi) is 4.34. The van der Waals surface area contributed by atoms with Crippen LogP contribution in [0.3, 0.4) is 0 Å². The van der Waals surface area contributed by atoms with E-state index in [1.165, 1.54) is 10.9 Å². The molecule has 0 bridgehead atoms. The number of rotatable bonds is 3. The molecule has 106 valence electrons. The van der Waals surface area contributed by atoms with Crippen molar-refractivity contribution in [2.75, 3.05) is 5.32 Å². The highest BCUT2D eigenvalue weighted by molar-refractivity contribution is 9.10. The van der Waals surface area contributed by atoms with Gasteiger partial charge in [-0.1, -0.05) is 35.3 Å². The molecule has 21 heavy (non-hydrogen) atoms. The third-order valence-corrected chi connectivity index (χ3v) is 4.99. The summed E-state index contributed by atoms with van der Waals surface area (Å²) in [6.07, 6.45) is 3.66. The molecule has 0 aliphatic heterocycles. The minimum atomic E-state index is 0.520. The first kappa shape index (κ1) is 14.6. The van der Waals surface area contributed by atoms with Crippen LogP contribution in [0.4, 0.5) is 5.69 Å². The molecule has 0 unspecified atom stereocenters. The second kappa shape index (κ2) is 6.22. The van der Waals surface area contributed by atoms with Crippen LogP contribution in [0.25, 0.3) is 10.8 Å². The van der Waals surface area contributed by atoms with Gasteiger partial charge >= 0.3 is 0 Å². The van der Waals surface area contributed by atoms with Crippen molar-refractivity contribution in [3.8, 4) is 0 Å². The Hall–Kier alpha value is -1.29. The molecular formula is C16H11BrCl2N2. The molecule has 0 aliphatic carbocycles. The molecular weight excluding hydrogens is 371 g/mol. The zero-order chi connectivity index (χ0) is 14.8. The Bertz CT molecular complexity index is 805. The number of anilines is 1. The molecule has 0 radical (unpaired) electrons. The van der Waals surface area contributed by atoms with Crippen molar-refractivity contribution < 1.29 is 0 Å². The summed E-state index contributed by atoms with van der Waals surface area (Å²) in [6.45, 7) is 0.677. The fourth-order valence-corrected chi connectivity index (χ4v) is 2.94. The second-order valence-corrected chi connectivity index (χ2v) is 6.24. The van der Waals surface area contributed by atoms with E-state index in [-0.39, 0.29) is 0 Å². The van der Waals surface area contributed by atoms with E-state index in [1.54, 1.807) is 6.20 Å². The average molecular weight is 382 g/mol. The predicted octanol–water partition coefficient (Wildman–Crippen LogP) is 5.92. The van der Waals surface area contributed by atoms with E-state index < -0.39 is 0 Å². The first-order chi connectivity index (χ1) is 10.1. The van der Waals surface area contributed by atoms with E-state index in [9.17, 15) is 0 Å². The van der Waals surface area contributed by atoms with E-state index in [2.05, 4.69) is 44.4 Å². The van der Waals surface area contributed by atoms with Gasteiger partial charge in [-0.15, -0.1) is 0 Å². The van der Waals surface area contributed by atoms with Crippen LogP contribution in [-0.4, -0.2) is 4.98 Å². The molecule has 0 fully saturated rings. The Morgan fingerprint density at radius 2 is 1.86 bits per heavy atom. The van der Waals surface area contributed by atoms with Crippen molar-refractivity contribution in [2.24, 2.45) is 0 Å². The molecule has 1 aromatic heterocycles. The summed E-state index contributed by atoms with van der Waals surface area (Å²) in [5, 5.41) is 6.65. The fraction of sp³-hybridized carbons (Fsp3) is 0.0625. The molecule has 0 saturated carbocycles. The molecule has 0 saturated heterocycles. The number of pyridine rings is 1. The first-order valence-electron chi connectivity index (χ1n) is 6.35. The van der Waals surface area contributed by atoms with Gasteiger partial charge in [-0.3, -0.25) is 4.98 Å². The maximum Gasteiger partial charge on any atom is 0.0835 e. The normalized spacial score (nSPS) is 10.8. The smallest absolute Gasteiger partial charge is 0.0835 e. The monoisotopic (exact) mass is 380 g/mol. The third-order valence-electron chi connectivity index (χ3n) is 3.22. The zero-order valence-corrected chi connectivity index (χ0v) is 14.0. The van der Waals surface area contributed by atoms with Crippen molar-refractivity contribution in [2.45, 2.75) is 6.54 Å². The summed E-state index contributed by atoms with van der Waals surface area (Å²) >= 11 is 15.7. The fourth-order valence-electron chi connectivity index (χ4n) is 2.10. The van der Waals surface area contributed by atoms with E-state index in [4.69, 9.17) is 23.2 Å². The summed E-state index contributed by atoms with van der Waals surface area (Å²) in [5.74, 6) is 0. The highest BCUT2D eigenvalue weighted by Crippen LogP contribution is 2.36. The lowest BCUT2D eigenvalue weighted by molar-refractivity contribution is 1.15. The molecule has 1 N–H and O–H groups in total. The molecule has 0 atom stereocenters. The second-order valence-electron chi connectivity index (χ2n) is 4.63. The number of hydrogen-bond donors (Lipinski definition) is 1. The standard InChI is InChI=1S/C16H11BrCl2N2/c17-13-3-4-14(16(19)15(13)18)21-8-10-1-2-12-9-20-6-5-11(12)7-10/h1-7,9,21H,8H2. The van der Waals surface area contributed by atoms with Gasteiger partial charge in [0.1, 0.15) is 0 Å². The van der Waals surface area contributed by atoms with Gasteiger partial charge in [0.15, 0.2) is 0 Å². The van der Waals surface area contributed by atoms with Crippen molar-refractivity contribution in [3.63, 3.8) is 0 Å². The SMILES string of the molecule is Clc1c(Br)ccc(NCc2ccc3cnccc3c2)c1Cl. The highest BCUT2D eigenvalue weighted by atomic mass is 79.9. The van der Waals surface area contributed by atoms with Gasteiger partial charge in [0.25, 0.3) is 0 Å². The first-order valence-corrected chi connectivity index (χ1v) is 7.90. The minimum Gasteiger partial charge on any atom is -0.380 e. The van der Waals surface area contributed by atoms with Crippen molar-refractivity contribution in [1.82, 2.24) is 4.98 Å². The average Bonchev–Trinajstić information content (AvgIpc) is 2.52. The van der Waals surface area contributed by atoms with Gasteiger partial charge in [-0.2, -0.15) is 0 Å². The highest BCUT2D eigenvalue weighted by Gasteiger charge is 2.08. The van der Waals surface area contributed by atoms with Crippen LogP contribution in [0.15, 0.2) is 53.3 Å². The molecule has 0 amide bonds. The van der Waals surface area contributed by atoms with Crippen LogP contribution < -0.4 is 5.32 Å². The molecule has 3 rings (SSSR count). The number of benzene rings is 2. The van der Waals surface area contributed by atoms with Crippen molar-refractivity contribution in [1.29, 1.82) is 0 Å². The Labute approximate surface area is 141 Å². The summed E-state index contributed by atoms with van der Waals surface area (Å²) in [7, 11) is 0. The van der Waals surface area contributed by atoms with Crippen molar-refractivity contribution in [3.05, 3.63) is 68.9 Å². The molecule has 2 aromatic carbocycles.